The van der Waals surface area contributed by atoms with Crippen LogP contribution in [0.1, 0.15) is 23.2 Å². The molecule has 1 fully saturated rings. The van der Waals surface area contributed by atoms with E-state index in [1.807, 2.05) is 36.4 Å². The first-order valence-electron chi connectivity index (χ1n) is 8.35. The predicted octanol–water partition coefficient (Wildman–Crippen LogP) is 3.30. The van der Waals surface area contributed by atoms with E-state index in [-0.39, 0.29) is 12.5 Å². The summed E-state index contributed by atoms with van der Waals surface area (Å²) in [6.45, 7) is 0.857. The molecule has 1 saturated heterocycles. The van der Waals surface area contributed by atoms with Crippen LogP contribution >= 0.6 is 0 Å². The van der Waals surface area contributed by atoms with Crippen molar-refractivity contribution in [2.45, 2.75) is 12.8 Å². The van der Waals surface area contributed by atoms with Gasteiger partial charge in [0.15, 0.2) is 0 Å². The molecule has 2 aromatic carbocycles. The normalized spacial score (nSPS) is 17.2. The minimum Gasteiger partial charge on any atom is -0.496 e. The van der Waals surface area contributed by atoms with E-state index >= 15 is 0 Å². The highest BCUT2D eigenvalue weighted by Crippen LogP contribution is 2.31. The van der Waals surface area contributed by atoms with Crippen molar-refractivity contribution in [2.75, 3.05) is 20.2 Å². The zero-order chi connectivity index (χ0) is 17.8. The number of aliphatic carboxylic acids is 1. The standard InChI is InChI=1S/C20H21NO4/c1-25-18-10-9-15(12-17(18)14-6-3-2-4-7-14)19(22)21-11-5-8-16(13-21)20(23)24/h2-4,6-7,9-10,12,16H,5,8,11,13H2,1H3,(H,23,24). The second-order valence-corrected chi connectivity index (χ2v) is 6.21. The monoisotopic (exact) mass is 339 g/mol. The molecule has 2 aromatic rings. The number of piperidine rings is 1. The lowest BCUT2D eigenvalue weighted by atomic mass is 9.96. The van der Waals surface area contributed by atoms with Crippen molar-refractivity contribution in [3.63, 3.8) is 0 Å². The summed E-state index contributed by atoms with van der Waals surface area (Å²) in [6, 6.07) is 15.1. The van der Waals surface area contributed by atoms with Crippen LogP contribution < -0.4 is 4.74 Å². The molecule has 1 aliphatic heterocycles. The fraction of sp³-hybridized carbons (Fsp3) is 0.300. The third kappa shape index (κ3) is 3.65. The number of likely N-dealkylation sites (tertiary alicyclic amines) is 1. The van der Waals surface area contributed by atoms with Gasteiger partial charge in [-0.2, -0.15) is 0 Å². The molecule has 0 spiro atoms. The van der Waals surface area contributed by atoms with Crippen LogP contribution in [0.4, 0.5) is 0 Å². The molecule has 1 amide bonds. The van der Waals surface area contributed by atoms with Gasteiger partial charge in [0.05, 0.1) is 13.0 Å². The molecular weight excluding hydrogens is 318 g/mol. The number of amides is 1. The molecule has 0 radical (unpaired) electrons. The van der Waals surface area contributed by atoms with Gasteiger partial charge in [0.25, 0.3) is 5.91 Å². The maximum Gasteiger partial charge on any atom is 0.308 e. The summed E-state index contributed by atoms with van der Waals surface area (Å²) >= 11 is 0. The van der Waals surface area contributed by atoms with Crippen molar-refractivity contribution < 1.29 is 19.4 Å². The van der Waals surface area contributed by atoms with Crippen molar-refractivity contribution in [3.05, 3.63) is 54.1 Å². The Kier molecular flexibility index (Phi) is 5.03. The Hall–Kier alpha value is -2.82. The van der Waals surface area contributed by atoms with Crippen molar-refractivity contribution in [1.82, 2.24) is 4.90 Å². The van der Waals surface area contributed by atoms with Gasteiger partial charge in [-0.05, 0) is 36.6 Å². The van der Waals surface area contributed by atoms with E-state index in [2.05, 4.69) is 0 Å². The van der Waals surface area contributed by atoms with Crippen molar-refractivity contribution in [2.24, 2.45) is 5.92 Å². The molecule has 1 atom stereocenters. The smallest absolute Gasteiger partial charge is 0.308 e. The SMILES string of the molecule is COc1ccc(C(=O)N2CCCC(C(=O)O)C2)cc1-c1ccccc1. The molecule has 130 valence electrons. The fourth-order valence-electron chi connectivity index (χ4n) is 3.23. The van der Waals surface area contributed by atoms with E-state index in [0.29, 0.717) is 30.7 Å². The van der Waals surface area contributed by atoms with Gasteiger partial charge >= 0.3 is 5.97 Å². The van der Waals surface area contributed by atoms with Gasteiger partial charge in [0.2, 0.25) is 0 Å². The third-order valence-electron chi connectivity index (χ3n) is 4.59. The van der Waals surface area contributed by atoms with E-state index in [4.69, 9.17) is 4.74 Å². The topological polar surface area (TPSA) is 66.8 Å². The molecule has 5 heteroatoms. The number of hydrogen-bond acceptors (Lipinski definition) is 3. The maximum absolute atomic E-state index is 12.8. The van der Waals surface area contributed by atoms with Gasteiger partial charge in [-0.1, -0.05) is 30.3 Å². The number of ether oxygens (including phenoxy) is 1. The van der Waals surface area contributed by atoms with Crippen LogP contribution in [-0.4, -0.2) is 42.1 Å². The first kappa shape index (κ1) is 17.0. The maximum atomic E-state index is 12.8. The predicted molar refractivity (Wildman–Crippen MR) is 94.7 cm³/mol. The average molecular weight is 339 g/mol. The second kappa shape index (κ2) is 7.38. The van der Waals surface area contributed by atoms with Crippen LogP contribution in [0.15, 0.2) is 48.5 Å². The third-order valence-corrected chi connectivity index (χ3v) is 4.59. The van der Waals surface area contributed by atoms with E-state index < -0.39 is 11.9 Å². The number of nitrogens with zero attached hydrogens (tertiary/aromatic N) is 1. The van der Waals surface area contributed by atoms with Crippen LogP contribution in [0.25, 0.3) is 11.1 Å². The first-order valence-corrected chi connectivity index (χ1v) is 8.35. The second-order valence-electron chi connectivity index (χ2n) is 6.21. The summed E-state index contributed by atoms with van der Waals surface area (Å²) in [5.41, 5.74) is 2.36. The number of carboxylic acid groups (broad SMARTS) is 1. The van der Waals surface area contributed by atoms with Crippen LogP contribution in [0.5, 0.6) is 5.75 Å². The molecule has 25 heavy (non-hydrogen) atoms. The number of carbonyl (C=O) groups is 2. The molecule has 0 aliphatic carbocycles. The lowest BCUT2D eigenvalue weighted by molar-refractivity contribution is -0.143. The number of rotatable bonds is 4. The van der Waals surface area contributed by atoms with Crippen LogP contribution in [0, 0.1) is 5.92 Å². The molecule has 0 bridgehead atoms. The Labute approximate surface area is 146 Å². The number of hydrogen-bond donors (Lipinski definition) is 1. The van der Waals surface area contributed by atoms with Crippen LogP contribution in [-0.2, 0) is 4.79 Å². The number of carboxylic acids is 1. The van der Waals surface area contributed by atoms with Gasteiger partial charge in [0.1, 0.15) is 5.75 Å². The summed E-state index contributed by atoms with van der Waals surface area (Å²) in [7, 11) is 1.60. The van der Waals surface area contributed by atoms with Crippen molar-refractivity contribution >= 4 is 11.9 Å². The molecule has 0 saturated carbocycles. The average Bonchev–Trinajstić information content (AvgIpc) is 2.67. The number of carbonyl (C=O) groups excluding carboxylic acids is 1. The highest BCUT2D eigenvalue weighted by atomic mass is 16.5. The minimum atomic E-state index is -0.836. The van der Waals surface area contributed by atoms with Crippen molar-refractivity contribution in [3.8, 4) is 16.9 Å². The molecule has 1 N–H and O–H groups in total. The van der Waals surface area contributed by atoms with Gasteiger partial charge in [0, 0.05) is 24.2 Å². The molecule has 3 rings (SSSR count). The highest BCUT2D eigenvalue weighted by Gasteiger charge is 2.29. The van der Waals surface area contributed by atoms with Gasteiger partial charge < -0.3 is 14.7 Å². The van der Waals surface area contributed by atoms with Crippen molar-refractivity contribution in [1.29, 1.82) is 0 Å². The summed E-state index contributed by atoms with van der Waals surface area (Å²) in [6.07, 6.45) is 1.33. The van der Waals surface area contributed by atoms with Gasteiger partial charge in [-0.3, -0.25) is 9.59 Å². The Morgan fingerprint density at radius 3 is 2.60 bits per heavy atom. The molecule has 1 aliphatic rings. The quantitative estimate of drug-likeness (QED) is 0.928. The molecule has 1 unspecified atom stereocenters. The van der Waals surface area contributed by atoms with Gasteiger partial charge in [-0.25, -0.2) is 0 Å². The van der Waals surface area contributed by atoms with E-state index in [1.165, 1.54) is 0 Å². The summed E-state index contributed by atoms with van der Waals surface area (Å²) in [5, 5.41) is 9.21. The molecule has 5 nitrogen and oxygen atoms in total. The summed E-state index contributed by atoms with van der Waals surface area (Å²) < 4.78 is 5.43. The Morgan fingerprint density at radius 2 is 1.92 bits per heavy atom. The van der Waals surface area contributed by atoms with Crippen LogP contribution in [0.3, 0.4) is 0 Å². The Balaban J connectivity index is 1.90. The lowest BCUT2D eigenvalue weighted by Gasteiger charge is -2.31. The van der Waals surface area contributed by atoms with E-state index in [1.54, 1.807) is 24.1 Å². The zero-order valence-electron chi connectivity index (χ0n) is 14.1. The molecule has 0 aromatic heterocycles. The summed E-state index contributed by atoms with van der Waals surface area (Å²) in [5.74, 6) is -0.752. The highest BCUT2D eigenvalue weighted by molar-refractivity contribution is 5.96. The van der Waals surface area contributed by atoms with E-state index in [9.17, 15) is 14.7 Å². The Morgan fingerprint density at radius 1 is 1.16 bits per heavy atom. The number of benzene rings is 2. The van der Waals surface area contributed by atoms with Crippen LogP contribution in [0.2, 0.25) is 0 Å². The fourth-order valence-corrected chi connectivity index (χ4v) is 3.23. The molecule has 1 heterocycles. The Bertz CT molecular complexity index is 773. The van der Waals surface area contributed by atoms with Gasteiger partial charge in [-0.15, -0.1) is 0 Å². The van der Waals surface area contributed by atoms with E-state index in [0.717, 1.165) is 11.1 Å². The number of methoxy groups -OCH3 is 1. The minimum absolute atomic E-state index is 0.134. The largest absolute Gasteiger partial charge is 0.496 e. The first-order chi connectivity index (χ1) is 12.1. The lowest BCUT2D eigenvalue weighted by Crippen LogP contribution is -2.42. The molecular formula is C20H21NO4. The zero-order valence-corrected chi connectivity index (χ0v) is 14.1. The summed E-state index contributed by atoms with van der Waals surface area (Å²) in [4.78, 5) is 25.7.